The number of rotatable bonds is 5. The fourth-order valence-electron chi connectivity index (χ4n) is 2.40. The van der Waals surface area contributed by atoms with Crippen molar-refractivity contribution in [3.05, 3.63) is 66.4 Å². The van der Waals surface area contributed by atoms with Crippen LogP contribution in [0.2, 0.25) is 0 Å². The molecule has 0 saturated heterocycles. The standard InChI is InChI=1S/C18H19FN4O/c1-3-13(2)21-17(24)16-12-20-23(15-8-6-14(19)7-9-15)18(16)22-10-4-5-11-22/h4-13H,3H2,1-2H3,(H,21,24). The van der Waals surface area contributed by atoms with E-state index >= 15 is 0 Å². The van der Waals surface area contributed by atoms with Gasteiger partial charge in [0.25, 0.3) is 5.91 Å². The molecule has 124 valence electrons. The Kier molecular flexibility index (Phi) is 4.46. The molecule has 1 aromatic carbocycles. The van der Waals surface area contributed by atoms with E-state index in [1.54, 1.807) is 16.8 Å². The topological polar surface area (TPSA) is 51.9 Å². The Morgan fingerprint density at radius 2 is 1.92 bits per heavy atom. The Balaban J connectivity index is 2.08. The summed E-state index contributed by atoms with van der Waals surface area (Å²) in [4.78, 5) is 12.6. The summed E-state index contributed by atoms with van der Waals surface area (Å²) in [5.74, 6) is 0.122. The van der Waals surface area contributed by atoms with Crippen molar-refractivity contribution in [3.8, 4) is 11.5 Å². The molecule has 5 nitrogen and oxygen atoms in total. The highest BCUT2D eigenvalue weighted by Gasteiger charge is 2.20. The van der Waals surface area contributed by atoms with Crippen molar-refractivity contribution in [2.45, 2.75) is 26.3 Å². The van der Waals surface area contributed by atoms with E-state index in [1.165, 1.54) is 18.3 Å². The van der Waals surface area contributed by atoms with Crippen LogP contribution < -0.4 is 5.32 Å². The first-order valence-corrected chi connectivity index (χ1v) is 7.88. The Morgan fingerprint density at radius 1 is 1.25 bits per heavy atom. The highest BCUT2D eigenvalue weighted by atomic mass is 19.1. The maximum Gasteiger partial charge on any atom is 0.256 e. The van der Waals surface area contributed by atoms with Gasteiger partial charge in [0.2, 0.25) is 0 Å². The third-order valence-electron chi connectivity index (χ3n) is 3.90. The average molecular weight is 326 g/mol. The molecule has 1 N–H and O–H groups in total. The minimum absolute atomic E-state index is 0.0733. The molecular formula is C18H19FN4O. The van der Waals surface area contributed by atoms with Crippen LogP contribution >= 0.6 is 0 Å². The van der Waals surface area contributed by atoms with Gasteiger partial charge in [-0.15, -0.1) is 0 Å². The first kappa shape index (κ1) is 16.0. The highest BCUT2D eigenvalue weighted by molar-refractivity contribution is 5.97. The Hall–Kier alpha value is -2.89. The largest absolute Gasteiger partial charge is 0.349 e. The number of carbonyl (C=O) groups excluding carboxylic acids is 1. The number of hydrogen-bond donors (Lipinski definition) is 1. The average Bonchev–Trinajstić information content (AvgIpc) is 3.24. The Bertz CT molecular complexity index is 821. The molecule has 0 fully saturated rings. The van der Waals surface area contributed by atoms with Crippen LogP contribution in [0.5, 0.6) is 0 Å². The van der Waals surface area contributed by atoms with Crippen molar-refractivity contribution < 1.29 is 9.18 Å². The van der Waals surface area contributed by atoms with E-state index in [2.05, 4.69) is 10.4 Å². The first-order valence-electron chi connectivity index (χ1n) is 7.88. The normalized spacial score (nSPS) is 12.1. The number of carbonyl (C=O) groups is 1. The minimum Gasteiger partial charge on any atom is -0.349 e. The van der Waals surface area contributed by atoms with Gasteiger partial charge in [-0.05, 0) is 49.7 Å². The number of amides is 1. The number of nitrogens with one attached hydrogen (secondary N) is 1. The molecule has 2 heterocycles. The zero-order valence-electron chi connectivity index (χ0n) is 13.6. The van der Waals surface area contributed by atoms with Crippen LogP contribution in [-0.2, 0) is 0 Å². The molecule has 1 unspecified atom stereocenters. The second kappa shape index (κ2) is 6.70. The summed E-state index contributed by atoms with van der Waals surface area (Å²) in [5, 5.41) is 7.30. The molecule has 0 aliphatic rings. The second-order valence-electron chi connectivity index (χ2n) is 5.64. The van der Waals surface area contributed by atoms with Crippen LogP contribution in [0.4, 0.5) is 4.39 Å². The summed E-state index contributed by atoms with van der Waals surface area (Å²) >= 11 is 0. The lowest BCUT2D eigenvalue weighted by molar-refractivity contribution is 0.0939. The maximum absolute atomic E-state index is 13.2. The number of nitrogens with zero attached hydrogens (tertiary/aromatic N) is 3. The number of benzene rings is 1. The molecule has 0 spiro atoms. The molecule has 0 bridgehead atoms. The summed E-state index contributed by atoms with van der Waals surface area (Å²) in [6.45, 7) is 3.97. The van der Waals surface area contributed by atoms with Crippen molar-refractivity contribution in [2.75, 3.05) is 0 Å². The summed E-state index contributed by atoms with van der Waals surface area (Å²) in [7, 11) is 0. The molecule has 6 heteroatoms. The fourth-order valence-corrected chi connectivity index (χ4v) is 2.40. The van der Waals surface area contributed by atoms with E-state index in [-0.39, 0.29) is 17.8 Å². The van der Waals surface area contributed by atoms with Crippen LogP contribution in [-0.4, -0.2) is 26.3 Å². The van der Waals surface area contributed by atoms with Gasteiger partial charge in [-0.1, -0.05) is 6.92 Å². The highest BCUT2D eigenvalue weighted by Crippen LogP contribution is 2.20. The monoisotopic (exact) mass is 326 g/mol. The predicted octanol–water partition coefficient (Wildman–Crippen LogP) is 3.33. The van der Waals surface area contributed by atoms with Gasteiger partial charge in [0.05, 0.1) is 11.9 Å². The lowest BCUT2D eigenvalue weighted by Crippen LogP contribution is -2.32. The fraction of sp³-hybridized carbons (Fsp3) is 0.222. The van der Waals surface area contributed by atoms with Crippen molar-refractivity contribution in [1.29, 1.82) is 0 Å². The zero-order chi connectivity index (χ0) is 17.1. The van der Waals surface area contributed by atoms with Crippen LogP contribution in [0, 0.1) is 5.82 Å². The zero-order valence-corrected chi connectivity index (χ0v) is 13.6. The quantitative estimate of drug-likeness (QED) is 0.782. The Morgan fingerprint density at radius 3 is 2.54 bits per heavy atom. The maximum atomic E-state index is 13.2. The van der Waals surface area contributed by atoms with E-state index in [4.69, 9.17) is 0 Å². The molecule has 0 radical (unpaired) electrons. The molecule has 0 aliphatic heterocycles. The summed E-state index contributed by atoms with van der Waals surface area (Å²) in [6.07, 6.45) is 6.07. The van der Waals surface area contributed by atoms with Crippen LogP contribution in [0.25, 0.3) is 11.5 Å². The number of halogens is 1. The smallest absolute Gasteiger partial charge is 0.256 e. The predicted molar refractivity (Wildman–Crippen MR) is 90.1 cm³/mol. The van der Waals surface area contributed by atoms with Crippen LogP contribution in [0.15, 0.2) is 55.0 Å². The van der Waals surface area contributed by atoms with E-state index in [0.717, 1.165) is 6.42 Å². The van der Waals surface area contributed by atoms with E-state index in [1.807, 2.05) is 42.9 Å². The van der Waals surface area contributed by atoms with E-state index in [9.17, 15) is 9.18 Å². The number of hydrogen-bond acceptors (Lipinski definition) is 2. The van der Waals surface area contributed by atoms with Gasteiger partial charge in [-0.2, -0.15) is 5.10 Å². The first-order chi connectivity index (χ1) is 11.6. The molecule has 2 aromatic heterocycles. The lowest BCUT2D eigenvalue weighted by atomic mass is 10.2. The van der Waals surface area contributed by atoms with E-state index < -0.39 is 0 Å². The third kappa shape index (κ3) is 3.08. The van der Waals surface area contributed by atoms with Crippen molar-refractivity contribution in [2.24, 2.45) is 0 Å². The Labute approximate surface area is 139 Å². The number of aromatic nitrogens is 3. The minimum atomic E-state index is -0.317. The summed E-state index contributed by atoms with van der Waals surface area (Å²) in [6, 6.07) is 9.82. The summed E-state index contributed by atoms with van der Waals surface area (Å²) < 4.78 is 16.6. The molecule has 0 saturated carbocycles. The molecule has 0 aliphatic carbocycles. The van der Waals surface area contributed by atoms with Gasteiger partial charge in [0.15, 0.2) is 5.82 Å². The van der Waals surface area contributed by atoms with Gasteiger partial charge in [-0.25, -0.2) is 9.07 Å². The van der Waals surface area contributed by atoms with E-state index in [0.29, 0.717) is 17.1 Å². The van der Waals surface area contributed by atoms with Gasteiger partial charge in [0.1, 0.15) is 11.4 Å². The molecule has 3 aromatic rings. The SMILES string of the molecule is CCC(C)NC(=O)c1cnn(-c2ccc(F)cc2)c1-n1cccc1. The molecule has 1 amide bonds. The molecule has 3 rings (SSSR count). The van der Waals surface area contributed by atoms with Gasteiger partial charge in [0, 0.05) is 18.4 Å². The van der Waals surface area contributed by atoms with Crippen molar-refractivity contribution in [3.63, 3.8) is 0 Å². The second-order valence-corrected chi connectivity index (χ2v) is 5.64. The van der Waals surface area contributed by atoms with Gasteiger partial charge >= 0.3 is 0 Å². The van der Waals surface area contributed by atoms with Crippen LogP contribution in [0.3, 0.4) is 0 Å². The van der Waals surface area contributed by atoms with Crippen molar-refractivity contribution >= 4 is 5.91 Å². The third-order valence-corrected chi connectivity index (χ3v) is 3.90. The van der Waals surface area contributed by atoms with Crippen LogP contribution in [0.1, 0.15) is 30.6 Å². The lowest BCUT2D eigenvalue weighted by Gasteiger charge is -2.13. The summed E-state index contributed by atoms with van der Waals surface area (Å²) in [5.41, 5.74) is 1.15. The van der Waals surface area contributed by atoms with Gasteiger partial charge in [-0.3, -0.25) is 4.79 Å². The van der Waals surface area contributed by atoms with Crippen molar-refractivity contribution in [1.82, 2.24) is 19.7 Å². The van der Waals surface area contributed by atoms with Gasteiger partial charge < -0.3 is 9.88 Å². The molecule has 24 heavy (non-hydrogen) atoms. The molecular weight excluding hydrogens is 307 g/mol. The molecule has 1 atom stereocenters.